The second-order valence-electron chi connectivity index (χ2n) is 12.9. The van der Waals surface area contributed by atoms with Crippen LogP contribution >= 0.6 is 0 Å². The Balaban J connectivity index is 1.54. The van der Waals surface area contributed by atoms with Crippen LogP contribution in [0.15, 0.2) is 91.0 Å². The van der Waals surface area contributed by atoms with E-state index in [1.165, 1.54) is 0 Å². The normalized spacial score (nSPS) is 17.2. The fraction of sp³-hybridized carbons (Fsp3) is 0.378. The molecule has 11 heteroatoms. The largest absolute Gasteiger partial charge is 0.460 e. The molecule has 0 bridgehead atoms. The summed E-state index contributed by atoms with van der Waals surface area (Å²) in [6, 6.07) is 23.7. The third kappa shape index (κ3) is 11.3. The average molecular weight is 658 g/mol. The number of nitrogens with one attached hydrogen (secondary N) is 3. The van der Waals surface area contributed by atoms with Gasteiger partial charge in [0.25, 0.3) is 0 Å². The molecule has 48 heavy (non-hydrogen) atoms. The molecule has 0 unspecified atom stereocenters. The molecule has 3 aromatic rings. The van der Waals surface area contributed by atoms with Gasteiger partial charge in [0.15, 0.2) is 5.78 Å². The van der Waals surface area contributed by atoms with Crippen molar-refractivity contribution in [2.45, 2.75) is 82.9 Å². The van der Waals surface area contributed by atoms with E-state index in [9.17, 15) is 24.0 Å². The van der Waals surface area contributed by atoms with Crippen LogP contribution in [0.1, 0.15) is 50.8 Å². The van der Waals surface area contributed by atoms with Gasteiger partial charge in [-0.2, -0.15) is 0 Å². The Hall–Kier alpha value is -5.03. The number of esters is 1. The first-order valence-corrected chi connectivity index (χ1v) is 15.9. The molecular weight excluding hydrogens is 614 g/mol. The van der Waals surface area contributed by atoms with E-state index in [1.54, 1.807) is 76.2 Å². The fourth-order valence-electron chi connectivity index (χ4n) is 4.95. The highest BCUT2D eigenvalue weighted by Gasteiger charge is 2.50. The van der Waals surface area contributed by atoms with Crippen LogP contribution < -0.4 is 16.0 Å². The molecule has 4 rings (SSSR count). The van der Waals surface area contributed by atoms with Crippen LogP contribution in [-0.4, -0.2) is 65.6 Å². The summed E-state index contributed by atoms with van der Waals surface area (Å²) in [5.74, 6) is -2.44. The summed E-state index contributed by atoms with van der Waals surface area (Å²) in [6.45, 7) is 6.90. The molecule has 4 atom stereocenters. The topological polar surface area (TPSA) is 152 Å². The third-order valence-electron chi connectivity index (χ3n) is 7.54. The van der Waals surface area contributed by atoms with Crippen molar-refractivity contribution in [1.29, 1.82) is 0 Å². The Kier molecular flexibility index (Phi) is 12.1. The number of carbonyl (C=O) groups excluding carboxylic acids is 5. The SMILES string of the molecule is CC(C)(C)OC(=O)C[C@H](NC(=O)OCc1ccccc1)C(=O)N[C@@H](Cc1ccccc1)C(=O)N[C@@H](Cc1ccccc1)C(=O)[C@@]1(C)CO1. The highest BCUT2D eigenvalue weighted by Crippen LogP contribution is 2.29. The monoisotopic (exact) mass is 657 g/mol. The van der Waals surface area contributed by atoms with Gasteiger partial charge in [0.1, 0.15) is 29.9 Å². The molecule has 1 aliphatic heterocycles. The van der Waals surface area contributed by atoms with E-state index in [1.807, 2.05) is 42.5 Å². The maximum atomic E-state index is 13.9. The van der Waals surface area contributed by atoms with E-state index >= 15 is 0 Å². The quantitative estimate of drug-likeness (QED) is 0.165. The van der Waals surface area contributed by atoms with E-state index in [-0.39, 0.29) is 31.8 Å². The van der Waals surface area contributed by atoms with Crippen LogP contribution in [0.3, 0.4) is 0 Å². The fourth-order valence-corrected chi connectivity index (χ4v) is 4.95. The summed E-state index contributed by atoms with van der Waals surface area (Å²) in [6.07, 6.45) is -1.17. The summed E-state index contributed by atoms with van der Waals surface area (Å²) in [7, 11) is 0. The molecule has 0 aliphatic carbocycles. The number of Topliss-reactive ketones (excluding diaryl/α,β-unsaturated/α-hetero) is 1. The second kappa shape index (κ2) is 16.2. The number of hydrogen-bond acceptors (Lipinski definition) is 8. The van der Waals surface area contributed by atoms with Gasteiger partial charge in [-0.1, -0.05) is 91.0 Å². The van der Waals surface area contributed by atoms with E-state index in [0.29, 0.717) is 0 Å². The first kappa shape index (κ1) is 35.8. The van der Waals surface area contributed by atoms with Gasteiger partial charge < -0.3 is 30.2 Å². The van der Waals surface area contributed by atoms with Gasteiger partial charge in [0, 0.05) is 6.42 Å². The van der Waals surface area contributed by atoms with Crippen LogP contribution in [0.25, 0.3) is 0 Å². The van der Waals surface area contributed by atoms with Gasteiger partial charge in [0.05, 0.1) is 19.1 Å². The van der Waals surface area contributed by atoms with Crippen molar-refractivity contribution in [2.75, 3.05) is 6.61 Å². The number of rotatable bonds is 15. The Morgan fingerprint density at radius 3 is 1.67 bits per heavy atom. The number of amides is 3. The number of carbonyl (C=O) groups is 5. The van der Waals surface area contributed by atoms with E-state index in [4.69, 9.17) is 14.2 Å². The molecular formula is C37H43N3O8. The zero-order chi connectivity index (χ0) is 34.7. The minimum Gasteiger partial charge on any atom is -0.460 e. The summed E-state index contributed by atoms with van der Waals surface area (Å²) in [5.41, 5.74) is 0.447. The number of hydrogen-bond donors (Lipinski definition) is 3. The predicted molar refractivity (Wildman–Crippen MR) is 178 cm³/mol. The Morgan fingerprint density at radius 1 is 0.708 bits per heavy atom. The first-order chi connectivity index (χ1) is 22.8. The van der Waals surface area contributed by atoms with Gasteiger partial charge >= 0.3 is 12.1 Å². The highest BCUT2D eigenvalue weighted by atomic mass is 16.6. The van der Waals surface area contributed by atoms with Crippen molar-refractivity contribution in [2.24, 2.45) is 0 Å². The van der Waals surface area contributed by atoms with Crippen LogP contribution in [0, 0.1) is 0 Å². The lowest BCUT2D eigenvalue weighted by Gasteiger charge is -2.26. The molecule has 3 aromatic carbocycles. The second-order valence-corrected chi connectivity index (χ2v) is 12.9. The van der Waals surface area contributed by atoms with Crippen molar-refractivity contribution in [3.05, 3.63) is 108 Å². The number of ketones is 1. The van der Waals surface area contributed by atoms with Gasteiger partial charge in [-0.3, -0.25) is 19.2 Å². The van der Waals surface area contributed by atoms with Gasteiger partial charge in [0.2, 0.25) is 11.8 Å². The average Bonchev–Trinajstić information content (AvgIpc) is 3.81. The lowest BCUT2D eigenvalue weighted by Crippen LogP contribution is -2.58. The summed E-state index contributed by atoms with van der Waals surface area (Å²) < 4.78 is 16.1. The highest BCUT2D eigenvalue weighted by molar-refractivity contribution is 5.99. The van der Waals surface area contributed by atoms with Gasteiger partial charge in [-0.05, 0) is 50.8 Å². The molecule has 1 aliphatic rings. The number of alkyl carbamates (subject to hydrolysis) is 1. The maximum Gasteiger partial charge on any atom is 0.408 e. The molecule has 0 saturated carbocycles. The molecule has 0 radical (unpaired) electrons. The predicted octanol–water partition coefficient (Wildman–Crippen LogP) is 3.83. The Labute approximate surface area is 280 Å². The Morgan fingerprint density at radius 2 is 1.17 bits per heavy atom. The number of benzene rings is 3. The minimum absolute atomic E-state index is 0.0635. The van der Waals surface area contributed by atoms with Crippen molar-refractivity contribution < 1.29 is 38.2 Å². The molecule has 11 nitrogen and oxygen atoms in total. The van der Waals surface area contributed by atoms with Crippen molar-refractivity contribution >= 4 is 29.7 Å². The minimum atomic E-state index is -1.44. The zero-order valence-electron chi connectivity index (χ0n) is 27.7. The van der Waals surface area contributed by atoms with Crippen LogP contribution in [0.4, 0.5) is 4.79 Å². The standard InChI is InChI=1S/C37H43N3O8/c1-36(2,3)48-31(41)22-30(40-35(45)46-23-27-18-12-7-13-19-27)34(44)39-29(21-26-16-10-6-11-17-26)33(43)38-28(32(42)37(4)24-47-37)20-25-14-8-5-9-15-25/h5-19,28-30H,20-24H2,1-4H3,(H,38,43)(H,39,44)(H,40,45)/t28-,29-,30-,37+/m0/s1. The maximum absolute atomic E-state index is 13.9. The lowest BCUT2D eigenvalue weighted by molar-refractivity contribution is -0.156. The smallest absolute Gasteiger partial charge is 0.408 e. The molecule has 1 heterocycles. The van der Waals surface area contributed by atoms with E-state index in [0.717, 1.165) is 16.7 Å². The van der Waals surface area contributed by atoms with E-state index in [2.05, 4.69) is 16.0 Å². The molecule has 0 aromatic heterocycles. The van der Waals surface area contributed by atoms with Crippen molar-refractivity contribution in [3.63, 3.8) is 0 Å². The summed E-state index contributed by atoms with van der Waals surface area (Å²) in [5, 5.41) is 8.00. The Bertz CT molecular complexity index is 1550. The lowest BCUT2D eigenvalue weighted by atomic mass is 9.94. The molecule has 3 N–H and O–H groups in total. The van der Waals surface area contributed by atoms with E-state index < -0.39 is 59.6 Å². The summed E-state index contributed by atoms with van der Waals surface area (Å²) >= 11 is 0. The summed E-state index contributed by atoms with van der Waals surface area (Å²) in [4.78, 5) is 66.8. The molecule has 0 spiro atoms. The zero-order valence-corrected chi connectivity index (χ0v) is 27.7. The first-order valence-electron chi connectivity index (χ1n) is 15.9. The van der Waals surface area contributed by atoms with Crippen LogP contribution in [0.2, 0.25) is 0 Å². The molecule has 254 valence electrons. The van der Waals surface area contributed by atoms with Crippen molar-refractivity contribution in [3.8, 4) is 0 Å². The molecule has 1 saturated heterocycles. The molecule has 1 fully saturated rings. The van der Waals surface area contributed by atoms with Crippen LogP contribution in [0.5, 0.6) is 0 Å². The van der Waals surface area contributed by atoms with Crippen LogP contribution in [-0.2, 0) is 52.8 Å². The molecule has 3 amide bonds. The number of epoxide rings is 1. The van der Waals surface area contributed by atoms with Crippen molar-refractivity contribution in [1.82, 2.24) is 16.0 Å². The van der Waals surface area contributed by atoms with Gasteiger partial charge in [-0.15, -0.1) is 0 Å². The number of ether oxygens (including phenoxy) is 3. The third-order valence-corrected chi connectivity index (χ3v) is 7.54. The van der Waals surface area contributed by atoms with Gasteiger partial charge in [-0.25, -0.2) is 4.79 Å².